The van der Waals surface area contributed by atoms with E-state index in [1.165, 1.54) is 10.9 Å². The van der Waals surface area contributed by atoms with Crippen molar-refractivity contribution in [3.63, 3.8) is 0 Å². The number of aliphatic hydroxyl groups is 2. The Balaban J connectivity index is 1.58. The van der Waals surface area contributed by atoms with Gasteiger partial charge in [0.15, 0.2) is 17.4 Å². The zero-order valence-corrected chi connectivity index (χ0v) is 13.4. The monoisotopic (exact) mass is 373 g/mol. The number of ether oxygens (including phenoxy) is 1. The summed E-state index contributed by atoms with van der Waals surface area (Å²) in [6.07, 6.45) is -3.62. The molecule has 0 radical (unpaired) electrons. The van der Waals surface area contributed by atoms with Crippen LogP contribution in [0, 0.1) is 0 Å². The largest absolute Gasteiger partial charge is 0.456 e. The highest BCUT2D eigenvalue weighted by Gasteiger charge is 2.46. The van der Waals surface area contributed by atoms with E-state index in [4.69, 9.17) is 15.0 Å². The molecule has 0 saturated carbocycles. The Bertz CT molecular complexity index is 910. The smallest absolute Gasteiger partial charge is 0.387 e. The van der Waals surface area contributed by atoms with Gasteiger partial charge < -0.3 is 29.6 Å². The molecule has 5 N–H and O–H groups in total. The predicted molar refractivity (Wildman–Crippen MR) is 81.4 cm³/mol. The summed E-state index contributed by atoms with van der Waals surface area (Å²) >= 11 is 0. The van der Waals surface area contributed by atoms with Crippen LogP contribution in [0.2, 0.25) is 0 Å². The summed E-state index contributed by atoms with van der Waals surface area (Å²) in [6.45, 7) is -0.339. The van der Waals surface area contributed by atoms with Crippen LogP contribution in [0.4, 0.5) is 5.95 Å². The molecule has 2 aliphatic heterocycles. The quantitative estimate of drug-likeness (QED) is 0.335. The van der Waals surface area contributed by atoms with Gasteiger partial charge in [-0.05, 0) is 0 Å². The van der Waals surface area contributed by atoms with Gasteiger partial charge >= 0.3 is 15.5 Å². The number of fused-ring (bicyclic) bond motifs is 1. The first-order valence-corrected chi connectivity index (χ1v) is 8.61. The fourth-order valence-corrected chi connectivity index (χ4v) is 3.36. The van der Waals surface area contributed by atoms with E-state index >= 15 is 0 Å². The van der Waals surface area contributed by atoms with Crippen LogP contribution in [-0.4, -0.2) is 62.3 Å². The van der Waals surface area contributed by atoms with E-state index in [0.717, 1.165) is 0 Å². The lowest BCUT2D eigenvalue weighted by Gasteiger charge is -2.26. The van der Waals surface area contributed by atoms with Gasteiger partial charge in [-0.25, -0.2) is 9.55 Å². The molecule has 0 unspecified atom stereocenters. The van der Waals surface area contributed by atoms with E-state index in [1.54, 1.807) is 0 Å². The Kier molecular flexibility index (Phi) is 3.92. The van der Waals surface area contributed by atoms with Gasteiger partial charge in [-0.1, -0.05) is 0 Å². The van der Waals surface area contributed by atoms with Gasteiger partial charge in [-0.3, -0.25) is 18.9 Å². The topological polar surface area (TPSA) is 184 Å². The van der Waals surface area contributed by atoms with Gasteiger partial charge in [-0.2, -0.15) is 4.98 Å². The molecule has 0 spiro atoms. The lowest BCUT2D eigenvalue weighted by Crippen LogP contribution is -2.34. The number of nitrogen functional groups attached to an aromatic ring is 1. The number of phosphoric acid groups is 1. The highest BCUT2D eigenvalue weighted by Crippen LogP contribution is 2.55. The first-order chi connectivity index (χ1) is 11.9. The molecule has 2 aliphatic rings. The van der Waals surface area contributed by atoms with Crippen molar-refractivity contribution < 1.29 is 32.9 Å². The molecule has 4 heterocycles. The van der Waals surface area contributed by atoms with Crippen molar-refractivity contribution >= 4 is 32.6 Å². The molecule has 134 valence electrons. The highest BCUT2D eigenvalue weighted by molar-refractivity contribution is 7.53. The molecule has 0 amide bonds. The molecule has 15 heteroatoms. The zero-order valence-electron chi connectivity index (χ0n) is 12.5. The Morgan fingerprint density at radius 3 is 2.88 bits per heavy atom. The molecular formula is C10H13BN5O8P. The van der Waals surface area contributed by atoms with Crippen molar-refractivity contribution in [3.05, 3.63) is 16.7 Å². The number of anilines is 1. The number of aromatic amines is 1. The Labute approximate surface area is 139 Å². The minimum Gasteiger partial charge on any atom is -0.387 e. The predicted octanol–water partition coefficient (Wildman–Crippen LogP) is -2.24. The van der Waals surface area contributed by atoms with E-state index in [-0.39, 0.29) is 31.4 Å². The second-order valence-electron chi connectivity index (χ2n) is 5.44. The fourth-order valence-electron chi connectivity index (χ4n) is 2.60. The summed E-state index contributed by atoms with van der Waals surface area (Å²) in [5.74, 6) is -0.135. The summed E-state index contributed by atoms with van der Waals surface area (Å²) < 4.78 is 32.7. The maximum absolute atomic E-state index is 11.8. The van der Waals surface area contributed by atoms with Crippen LogP contribution in [-0.2, 0) is 22.7 Å². The molecule has 0 aliphatic carbocycles. The maximum atomic E-state index is 11.8. The molecule has 2 aromatic rings. The Morgan fingerprint density at radius 2 is 2.20 bits per heavy atom. The van der Waals surface area contributed by atoms with Crippen LogP contribution in [0.25, 0.3) is 11.2 Å². The molecule has 4 rings (SSSR count). The summed E-state index contributed by atoms with van der Waals surface area (Å²) in [6, 6.07) is 0. The second kappa shape index (κ2) is 5.88. The van der Waals surface area contributed by atoms with E-state index in [1.807, 2.05) is 0 Å². The van der Waals surface area contributed by atoms with E-state index in [0.29, 0.717) is 0 Å². The van der Waals surface area contributed by atoms with Gasteiger partial charge in [-0.15, -0.1) is 0 Å². The molecule has 4 atom stereocenters. The van der Waals surface area contributed by atoms with E-state index in [9.17, 15) is 19.6 Å². The lowest BCUT2D eigenvalue weighted by molar-refractivity contribution is -0.0512. The molecular weight excluding hydrogens is 360 g/mol. The first-order valence-electron chi connectivity index (χ1n) is 7.15. The van der Waals surface area contributed by atoms with Gasteiger partial charge in [0, 0.05) is 0 Å². The number of nitrogens with two attached hydrogens (primary N) is 1. The number of rotatable bonds is 4. The molecule has 25 heavy (non-hydrogen) atoms. The van der Waals surface area contributed by atoms with Crippen LogP contribution < -0.4 is 11.3 Å². The standard InChI is InChI=1S/C10H13BN5O8P/c12-10-14-7-4(8(19)15-10)13-2-16(7)9-6(18)5(17)3(22-9)1-21-25(20)23-11-24-25/h2-3,5-6,9,11,17-18H,1H2,(H3,12,14,15,19)/t3-,5-,6-,9-/m1/s1. The number of aromatic nitrogens is 4. The van der Waals surface area contributed by atoms with Gasteiger partial charge in [0.2, 0.25) is 5.95 Å². The van der Waals surface area contributed by atoms with Gasteiger partial charge in [0.05, 0.1) is 12.9 Å². The number of H-pyrrole nitrogens is 1. The van der Waals surface area contributed by atoms with Crippen molar-refractivity contribution in [1.82, 2.24) is 19.5 Å². The average molecular weight is 373 g/mol. The SMILES string of the molecule is Nc1nc2c(ncn2[C@@H]2O[C@H](COP3(=O)OBO3)[C@@H](O)[C@H]2O)c(=O)[nH]1. The zero-order chi connectivity index (χ0) is 17.8. The fraction of sp³-hybridized carbons (Fsp3) is 0.500. The van der Waals surface area contributed by atoms with E-state index < -0.39 is 37.9 Å². The number of aliphatic hydroxyl groups excluding tert-OH is 2. The van der Waals surface area contributed by atoms with Crippen molar-refractivity contribution in [1.29, 1.82) is 0 Å². The summed E-state index contributed by atoms with van der Waals surface area (Å²) in [4.78, 5) is 22.0. The summed E-state index contributed by atoms with van der Waals surface area (Å²) in [5.41, 5.74) is 5.05. The van der Waals surface area contributed by atoms with Crippen LogP contribution in [0.5, 0.6) is 0 Å². The van der Waals surface area contributed by atoms with Crippen molar-refractivity contribution in [2.24, 2.45) is 0 Å². The van der Waals surface area contributed by atoms with Crippen molar-refractivity contribution in [2.45, 2.75) is 24.5 Å². The van der Waals surface area contributed by atoms with Crippen LogP contribution >= 0.6 is 7.82 Å². The number of hydrogen-bond donors (Lipinski definition) is 4. The van der Waals surface area contributed by atoms with Crippen molar-refractivity contribution in [3.8, 4) is 0 Å². The molecule has 0 aromatic carbocycles. The molecule has 0 bridgehead atoms. The second-order valence-corrected chi connectivity index (χ2v) is 7.11. The van der Waals surface area contributed by atoms with Crippen LogP contribution in [0.15, 0.2) is 11.1 Å². The van der Waals surface area contributed by atoms with Gasteiger partial charge in [0.25, 0.3) is 5.56 Å². The molecule has 13 nitrogen and oxygen atoms in total. The normalized spacial score (nSPS) is 31.0. The number of nitrogens with one attached hydrogen (secondary N) is 1. The minimum absolute atomic E-state index is 0.0000974. The molecule has 2 fully saturated rings. The number of hydrogen-bond acceptors (Lipinski definition) is 11. The van der Waals surface area contributed by atoms with Crippen molar-refractivity contribution in [2.75, 3.05) is 12.3 Å². The Hall–Kier alpha value is -1.80. The third-order valence-corrected chi connectivity index (χ3v) is 5.19. The van der Waals surface area contributed by atoms with Gasteiger partial charge in [0.1, 0.15) is 18.3 Å². The minimum atomic E-state index is -3.59. The maximum Gasteiger partial charge on any atom is 0.456 e. The lowest BCUT2D eigenvalue weighted by atomic mass is 10.1. The number of nitrogens with zero attached hydrogens (tertiary/aromatic N) is 3. The third-order valence-electron chi connectivity index (χ3n) is 3.88. The van der Waals surface area contributed by atoms with Crippen LogP contribution in [0.3, 0.4) is 0 Å². The Morgan fingerprint density at radius 1 is 1.44 bits per heavy atom. The van der Waals surface area contributed by atoms with E-state index in [2.05, 4.69) is 23.8 Å². The highest BCUT2D eigenvalue weighted by atomic mass is 31.2. The summed E-state index contributed by atoms with van der Waals surface area (Å²) in [7, 11) is -3.73. The van der Waals surface area contributed by atoms with Crippen LogP contribution in [0.1, 0.15) is 6.23 Å². The first kappa shape index (κ1) is 16.7. The molecule has 2 aromatic heterocycles. The summed E-state index contributed by atoms with van der Waals surface area (Å²) in [5, 5.41) is 20.4. The number of imidazole rings is 1. The molecule has 2 saturated heterocycles. The third kappa shape index (κ3) is 2.77. The average Bonchev–Trinajstić information content (AvgIpc) is 3.07.